The normalized spacial score (nSPS) is 19.7. The lowest BCUT2D eigenvalue weighted by molar-refractivity contribution is -0.141. The molecule has 0 spiro atoms. The van der Waals surface area contributed by atoms with E-state index >= 15 is 0 Å². The van der Waals surface area contributed by atoms with Crippen molar-refractivity contribution in [2.75, 3.05) is 18.0 Å². The Kier molecular flexibility index (Phi) is 5.00. The van der Waals surface area contributed by atoms with Crippen molar-refractivity contribution in [3.05, 3.63) is 59.3 Å². The summed E-state index contributed by atoms with van der Waals surface area (Å²) in [6.45, 7) is 1.02. The minimum Gasteiger partial charge on any atom is -0.354 e. The molecule has 1 N–H and O–H groups in total. The van der Waals surface area contributed by atoms with Gasteiger partial charge >= 0.3 is 6.18 Å². The predicted molar refractivity (Wildman–Crippen MR) is 100 cm³/mol. The van der Waals surface area contributed by atoms with Crippen LogP contribution in [0, 0.1) is 0 Å². The van der Waals surface area contributed by atoms with Crippen LogP contribution in [0.25, 0.3) is 0 Å². The van der Waals surface area contributed by atoms with Gasteiger partial charge in [0.25, 0.3) is 0 Å². The molecule has 7 heteroatoms. The highest BCUT2D eigenvalue weighted by Gasteiger charge is 2.33. The van der Waals surface area contributed by atoms with Crippen LogP contribution in [0.3, 0.4) is 0 Å². The lowest BCUT2D eigenvalue weighted by atomic mass is 10.1. The van der Waals surface area contributed by atoms with E-state index in [4.69, 9.17) is 0 Å². The van der Waals surface area contributed by atoms with Gasteiger partial charge < -0.3 is 10.2 Å². The Hall–Kier alpha value is -2.57. The number of pyridine rings is 1. The number of nitrogens with zero attached hydrogens (tertiary/aromatic N) is 2. The van der Waals surface area contributed by atoms with E-state index in [1.807, 2.05) is 12.1 Å². The summed E-state index contributed by atoms with van der Waals surface area (Å²) < 4.78 is 38.5. The first-order valence-electron chi connectivity index (χ1n) is 9.56. The fourth-order valence-corrected chi connectivity index (χ4v) is 3.63. The van der Waals surface area contributed by atoms with Gasteiger partial charge in [-0.1, -0.05) is 30.3 Å². The number of alkyl halides is 3. The lowest BCUT2D eigenvalue weighted by Crippen LogP contribution is -2.38. The molecule has 4 rings (SSSR count). The molecule has 1 aliphatic heterocycles. The van der Waals surface area contributed by atoms with Gasteiger partial charge in [0, 0.05) is 19.1 Å². The maximum absolute atomic E-state index is 12.8. The Balaban J connectivity index is 1.31. The molecule has 2 aliphatic rings. The van der Waals surface area contributed by atoms with E-state index in [1.165, 1.54) is 24.5 Å². The summed E-state index contributed by atoms with van der Waals surface area (Å²) in [6, 6.07) is 12.0. The van der Waals surface area contributed by atoms with E-state index in [2.05, 4.69) is 22.4 Å². The first-order chi connectivity index (χ1) is 13.4. The summed E-state index contributed by atoms with van der Waals surface area (Å²) in [7, 11) is 0. The second-order valence-corrected chi connectivity index (χ2v) is 7.57. The van der Waals surface area contributed by atoms with E-state index in [9.17, 15) is 18.0 Å². The second-order valence-electron chi connectivity index (χ2n) is 7.57. The monoisotopic (exact) mass is 389 g/mol. The smallest absolute Gasteiger partial charge is 0.354 e. The van der Waals surface area contributed by atoms with E-state index < -0.39 is 11.9 Å². The minimum absolute atomic E-state index is 0.0666. The fourth-order valence-electron chi connectivity index (χ4n) is 3.63. The van der Waals surface area contributed by atoms with Crippen LogP contribution in [-0.2, 0) is 17.4 Å². The molecule has 1 aromatic carbocycles. The third-order valence-electron chi connectivity index (χ3n) is 5.30. The molecule has 0 bridgehead atoms. The van der Waals surface area contributed by atoms with Gasteiger partial charge in [0.1, 0.15) is 11.5 Å². The van der Waals surface area contributed by atoms with Gasteiger partial charge in [-0.05, 0) is 48.4 Å². The summed E-state index contributed by atoms with van der Waals surface area (Å²) in [6.07, 6.45) is -0.969. The van der Waals surface area contributed by atoms with Crippen molar-refractivity contribution in [2.45, 2.75) is 43.8 Å². The molecule has 1 saturated heterocycles. The number of carbonyl (C=O) groups is 1. The average molecular weight is 389 g/mol. The maximum Gasteiger partial charge on any atom is 0.433 e. The highest BCUT2D eigenvalue weighted by atomic mass is 19.4. The molecule has 1 atom stereocenters. The van der Waals surface area contributed by atoms with Crippen molar-refractivity contribution >= 4 is 11.7 Å². The second kappa shape index (κ2) is 7.45. The number of aromatic nitrogens is 1. The Morgan fingerprint density at radius 1 is 1.11 bits per heavy atom. The molecule has 28 heavy (non-hydrogen) atoms. The van der Waals surface area contributed by atoms with Gasteiger partial charge in [-0.3, -0.25) is 4.79 Å². The van der Waals surface area contributed by atoms with Gasteiger partial charge in [0.15, 0.2) is 0 Å². The summed E-state index contributed by atoms with van der Waals surface area (Å²) in [5.41, 5.74) is 1.41. The Labute approximate surface area is 161 Å². The molecule has 1 aliphatic carbocycles. The number of carbonyl (C=O) groups excluding carboxylic acids is 1. The van der Waals surface area contributed by atoms with Crippen LogP contribution in [0.4, 0.5) is 19.0 Å². The summed E-state index contributed by atoms with van der Waals surface area (Å²) in [5.74, 6) is 0.919. The summed E-state index contributed by atoms with van der Waals surface area (Å²) >= 11 is 0. The Bertz CT molecular complexity index is 847. The molecular weight excluding hydrogens is 367 g/mol. The Morgan fingerprint density at radius 3 is 2.54 bits per heavy atom. The van der Waals surface area contributed by atoms with Crippen LogP contribution in [-0.4, -0.2) is 30.0 Å². The summed E-state index contributed by atoms with van der Waals surface area (Å²) in [4.78, 5) is 17.8. The Morgan fingerprint density at radius 2 is 1.86 bits per heavy atom. The molecule has 0 unspecified atom stereocenters. The quantitative estimate of drug-likeness (QED) is 0.843. The van der Waals surface area contributed by atoms with Crippen LogP contribution in [0.15, 0.2) is 42.5 Å². The first-order valence-corrected chi connectivity index (χ1v) is 9.56. The maximum atomic E-state index is 12.8. The van der Waals surface area contributed by atoms with E-state index in [0.29, 0.717) is 37.7 Å². The van der Waals surface area contributed by atoms with E-state index in [-0.39, 0.29) is 11.9 Å². The predicted octanol–water partition coefficient (Wildman–Crippen LogP) is 3.92. The zero-order valence-electron chi connectivity index (χ0n) is 15.4. The van der Waals surface area contributed by atoms with E-state index in [1.54, 1.807) is 11.0 Å². The van der Waals surface area contributed by atoms with Gasteiger partial charge in [-0.15, -0.1) is 0 Å². The fraction of sp³-hybridized carbons (Fsp3) is 0.429. The van der Waals surface area contributed by atoms with Crippen LogP contribution in [0.1, 0.15) is 42.0 Å². The van der Waals surface area contributed by atoms with E-state index in [0.717, 1.165) is 11.6 Å². The van der Waals surface area contributed by atoms with Crippen molar-refractivity contribution in [1.29, 1.82) is 0 Å². The molecule has 2 fully saturated rings. The van der Waals surface area contributed by atoms with Gasteiger partial charge in [-0.25, -0.2) is 4.98 Å². The summed E-state index contributed by atoms with van der Waals surface area (Å²) in [5, 5.41) is 2.99. The molecular formula is C21H22F3N3O. The third-order valence-corrected chi connectivity index (χ3v) is 5.30. The van der Waals surface area contributed by atoms with Crippen molar-refractivity contribution in [3.63, 3.8) is 0 Å². The van der Waals surface area contributed by atoms with Gasteiger partial charge in [0.2, 0.25) is 5.91 Å². The number of hydrogen-bond acceptors (Lipinski definition) is 3. The van der Waals surface area contributed by atoms with Crippen molar-refractivity contribution in [2.24, 2.45) is 0 Å². The molecule has 0 radical (unpaired) electrons. The molecule has 148 valence electrons. The van der Waals surface area contributed by atoms with Crippen molar-refractivity contribution in [1.82, 2.24) is 10.3 Å². The largest absolute Gasteiger partial charge is 0.433 e. The molecule has 1 saturated carbocycles. The number of anilines is 1. The molecule has 1 aromatic heterocycles. The van der Waals surface area contributed by atoms with Crippen LogP contribution < -0.4 is 10.2 Å². The number of benzene rings is 1. The molecule has 1 amide bonds. The van der Waals surface area contributed by atoms with Gasteiger partial charge in [-0.2, -0.15) is 13.2 Å². The van der Waals surface area contributed by atoms with Crippen molar-refractivity contribution < 1.29 is 18.0 Å². The number of hydrogen-bond donors (Lipinski definition) is 1. The molecule has 4 nitrogen and oxygen atoms in total. The minimum atomic E-state index is -4.46. The van der Waals surface area contributed by atoms with Crippen molar-refractivity contribution in [3.8, 4) is 0 Å². The number of amides is 1. The zero-order chi connectivity index (χ0) is 19.7. The molecule has 2 heterocycles. The van der Waals surface area contributed by atoms with Crippen LogP contribution in [0.2, 0.25) is 0 Å². The highest BCUT2D eigenvalue weighted by Crippen LogP contribution is 2.39. The molecule has 2 aromatic rings. The zero-order valence-corrected chi connectivity index (χ0v) is 15.4. The van der Waals surface area contributed by atoms with Crippen LogP contribution >= 0.6 is 0 Å². The third kappa shape index (κ3) is 4.46. The SMILES string of the molecule is O=C(Cc1ccc(C2CC2)cc1)N[C@@H]1CCN(c2cccc(C(F)(F)F)n2)C1. The average Bonchev–Trinajstić information content (AvgIpc) is 3.41. The highest BCUT2D eigenvalue weighted by molar-refractivity contribution is 5.79. The number of halogens is 3. The number of nitrogens with one attached hydrogen (secondary N) is 1. The first kappa shape index (κ1) is 18.8. The number of rotatable bonds is 5. The van der Waals surface area contributed by atoms with Gasteiger partial charge in [0.05, 0.1) is 6.42 Å². The lowest BCUT2D eigenvalue weighted by Gasteiger charge is -2.19. The standard InChI is InChI=1S/C21H22F3N3O/c22-21(23,24)18-2-1-3-19(26-18)27-11-10-17(13-27)25-20(28)12-14-4-6-15(7-5-14)16-8-9-16/h1-7,16-17H,8-13H2,(H,25,28)/t17-/m1/s1. The topological polar surface area (TPSA) is 45.2 Å². The van der Waals surface area contributed by atoms with Crippen LogP contribution in [0.5, 0.6) is 0 Å².